The quantitative estimate of drug-likeness (QED) is 0.451. The SMILES string of the molecule is CN(CCC(=O)NCCCCN1CCNCC1)Sc1cccc(Cl)c1Cl. The Morgan fingerprint density at radius 1 is 1.31 bits per heavy atom. The van der Waals surface area contributed by atoms with Gasteiger partial charge in [-0.25, -0.2) is 4.31 Å². The number of benzene rings is 1. The van der Waals surface area contributed by atoms with Crippen LogP contribution in [0.3, 0.4) is 0 Å². The molecule has 1 aromatic rings. The lowest BCUT2D eigenvalue weighted by Crippen LogP contribution is -2.43. The zero-order valence-electron chi connectivity index (χ0n) is 15.3. The summed E-state index contributed by atoms with van der Waals surface area (Å²) in [5.41, 5.74) is 0. The van der Waals surface area contributed by atoms with Crippen LogP contribution < -0.4 is 10.6 Å². The fourth-order valence-corrected chi connectivity index (χ4v) is 4.05. The van der Waals surface area contributed by atoms with Crippen molar-refractivity contribution in [2.45, 2.75) is 24.2 Å². The van der Waals surface area contributed by atoms with Crippen molar-refractivity contribution in [3.8, 4) is 0 Å². The molecule has 0 bridgehead atoms. The number of hydrogen-bond acceptors (Lipinski definition) is 5. The Morgan fingerprint density at radius 3 is 2.85 bits per heavy atom. The number of carbonyl (C=O) groups excluding carboxylic acids is 1. The molecule has 1 aromatic carbocycles. The minimum atomic E-state index is 0.0943. The van der Waals surface area contributed by atoms with Crippen LogP contribution in [0.5, 0.6) is 0 Å². The molecule has 1 amide bonds. The molecular weight excluding hydrogens is 391 g/mol. The number of nitrogens with zero attached hydrogens (tertiary/aromatic N) is 2. The molecule has 146 valence electrons. The summed E-state index contributed by atoms with van der Waals surface area (Å²) in [7, 11) is 1.95. The van der Waals surface area contributed by atoms with E-state index in [0.717, 1.165) is 57.0 Å². The number of unbranched alkanes of at least 4 members (excludes halogenated alkanes) is 1. The Bertz CT molecular complexity index is 570. The fraction of sp³-hybridized carbons (Fsp3) is 0.611. The van der Waals surface area contributed by atoms with Gasteiger partial charge in [0.05, 0.1) is 10.0 Å². The molecule has 0 atom stereocenters. The predicted molar refractivity (Wildman–Crippen MR) is 111 cm³/mol. The highest BCUT2D eigenvalue weighted by molar-refractivity contribution is 7.97. The highest BCUT2D eigenvalue weighted by Crippen LogP contribution is 2.33. The lowest BCUT2D eigenvalue weighted by molar-refractivity contribution is -0.121. The van der Waals surface area contributed by atoms with E-state index in [2.05, 4.69) is 15.5 Å². The summed E-state index contributed by atoms with van der Waals surface area (Å²) >= 11 is 13.7. The van der Waals surface area contributed by atoms with Gasteiger partial charge in [0.2, 0.25) is 5.91 Å². The number of hydrogen-bond donors (Lipinski definition) is 2. The third-order valence-electron chi connectivity index (χ3n) is 4.26. The third kappa shape index (κ3) is 8.03. The summed E-state index contributed by atoms with van der Waals surface area (Å²) in [5, 5.41) is 7.46. The molecule has 0 unspecified atom stereocenters. The first-order valence-corrected chi connectivity index (χ1v) is 10.6. The lowest BCUT2D eigenvalue weighted by Gasteiger charge is -2.27. The molecular formula is C18H28Cl2N4OS. The van der Waals surface area contributed by atoms with Crippen LogP contribution in [0.15, 0.2) is 23.1 Å². The molecule has 8 heteroatoms. The number of piperazine rings is 1. The van der Waals surface area contributed by atoms with Gasteiger partial charge in [-0.3, -0.25) is 4.79 Å². The van der Waals surface area contributed by atoms with Gasteiger partial charge < -0.3 is 15.5 Å². The summed E-state index contributed by atoms with van der Waals surface area (Å²) in [6, 6.07) is 5.56. The first-order chi connectivity index (χ1) is 12.6. The number of halogens is 2. The first kappa shape index (κ1) is 21.8. The van der Waals surface area contributed by atoms with Crippen molar-refractivity contribution in [2.75, 3.05) is 52.9 Å². The van der Waals surface area contributed by atoms with E-state index in [9.17, 15) is 4.79 Å². The van der Waals surface area contributed by atoms with Gasteiger partial charge in [0.25, 0.3) is 0 Å². The van der Waals surface area contributed by atoms with E-state index in [1.807, 2.05) is 23.5 Å². The van der Waals surface area contributed by atoms with E-state index < -0.39 is 0 Å². The number of nitrogens with one attached hydrogen (secondary N) is 2. The molecule has 0 spiro atoms. The summed E-state index contributed by atoms with van der Waals surface area (Å²) in [6.45, 7) is 6.96. The Balaban J connectivity index is 1.54. The van der Waals surface area contributed by atoms with Crippen molar-refractivity contribution in [1.82, 2.24) is 19.8 Å². The first-order valence-electron chi connectivity index (χ1n) is 9.09. The molecule has 1 heterocycles. The van der Waals surface area contributed by atoms with Gasteiger partial charge in [0.15, 0.2) is 0 Å². The van der Waals surface area contributed by atoms with E-state index in [4.69, 9.17) is 23.2 Å². The average molecular weight is 419 g/mol. The van der Waals surface area contributed by atoms with E-state index in [1.54, 1.807) is 6.07 Å². The van der Waals surface area contributed by atoms with Crippen molar-refractivity contribution < 1.29 is 4.79 Å². The van der Waals surface area contributed by atoms with Crippen LogP contribution in [-0.2, 0) is 4.79 Å². The monoisotopic (exact) mass is 418 g/mol. The molecule has 0 aromatic heterocycles. The van der Waals surface area contributed by atoms with Crippen LogP contribution in [0.2, 0.25) is 10.0 Å². The Labute approximate surface area is 170 Å². The molecule has 2 N–H and O–H groups in total. The van der Waals surface area contributed by atoms with Gasteiger partial charge in [-0.15, -0.1) is 0 Å². The summed E-state index contributed by atoms with van der Waals surface area (Å²) in [5.74, 6) is 0.0943. The van der Waals surface area contributed by atoms with Crippen molar-refractivity contribution in [3.63, 3.8) is 0 Å². The van der Waals surface area contributed by atoms with Crippen LogP contribution in [0.4, 0.5) is 0 Å². The van der Waals surface area contributed by atoms with E-state index in [1.165, 1.54) is 11.9 Å². The minimum Gasteiger partial charge on any atom is -0.356 e. The Morgan fingerprint density at radius 2 is 2.08 bits per heavy atom. The number of rotatable bonds is 10. The van der Waals surface area contributed by atoms with Gasteiger partial charge in [0, 0.05) is 50.6 Å². The van der Waals surface area contributed by atoms with Crippen molar-refractivity contribution >= 4 is 41.1 Å². The Kier molecular flexibility index (Phi) is 10.1. The maximum Gasteiger partial charge on any atom is 0.221 e. The molecule has 1 saturated heterocycles. The van der Waals surface area contributed by atoms with Gasteiger partial charge in [-0.1, -0.05) is 29.3 Å². The van der Waals surface area contributed by atoms with E-state index in [-0.39, 0.29) is 5.91 Å². The molecule has 1 aliphatic heterocycles. The second kappa shape index (κ2) is 12.1. The molecule has 26 heavy (non-hydrogen) atoms. The third-order valence-corrected chi connectivity index (χ3v) is 6.22. The van der Waals surface area contributed by atoms with Crippen LogP contribution in [-0.4, -0.2) is 68.0 Å². The zero-order valence-corrected chi connectivity index (χ0v) is 17.6. The fourth-order valence-electron chi connectivity index (χ4n) is 2.74. The van der Waals surface area contributed by atoms with Gasteiger partial charge in [-0.2, -0.15) is 0 Å². The molecule has 1 aliphatic rings. The highest BCUT2D eigenvalue weighted by Gasteiger charge is 2.11. The van der Waals surface area contributed by atoms with Crippen LogP contribution >= 0.6 is 35.1 Å². The predicted octanol–water partition coefficient (Wildman–Crippen LogP) is 3.12. The highest BCUT2D eigenvalue weighted by atomic mass is 35.5. The standard InChI is InChI=1S/C18H28Cl2N4OS/c1-23(26-16-6-4-5-15(19)18(16)20)12-7-17(25)22-8-2-3-11-24-13-9-21-10-14-24/h4-6,21H,2-3,7-14H2,1H3,(H,22,25). The van der Waals surface area contributed by atoms with Crippen molar-refractivity contribution in [2.24, 2.45) is 0 Å². The molecule has 1 fully saturated rings. The summed E-state index contributed by atoms with van der Waals surface area (Å²) < 4.78 is 2.00. The second-order valence-corrected chi connectivity index (χ2v) is 8.42. The topological polar surface area (TPSA) is 47.6 Å². The van der Waals surface area contributed by atoms with Gasteiger partial charge in [-0.05, 0) is 50.5 Å². The van der Waals surface area contributed by atoms with Crippen LogP contribution in [0.1, 0.15) is 19.3 Å². The van der Waals surface area contributed by atoms with E-state index in [0.29, 0.717) is 23.0 Å². The Hall–Kier alpha value is -0.500. The van der Waals surface area contributed by atoms with E-state index >= 15 is 0 Å². The van der Waals surface area contributed by atoms with Crippen molar-refractivity contribution in [1.29, 1.82) is 0 Å². The van der Waals surface area contributed by atoms with Gasteiger partial charge >= 0.3 is 0 Å². The second-order valence-electron chi connectivity index (χ2n) is 6.39. The largest absolute Gasteiger partial charge is 0.356 e. The number of amides is 1. The summed E-state index contributed by atoms with van der Waals surface area (Å²) in [6.07, 6.45) is 2.63. The molecule has 0 aliphatic carbocycles. The average Bonchev–Trinajstić information content (AvgIpc) is 2.64. The van der Waals surface area contributed by atoms with Crippen molar-refractivity contribution in [3.05, 3.63) is 28.2 Å². The minimum absolute atomic E-state index is 0.0943. The molecule has 5 nitrogen and oxygen atoms in total. The molecule has 0 saturated carbocycles. The van der Waals surface area contributed by atoms with Gasteiger partial charge in [0.1, 0.15) is 0 Å². The molecule has 2 rings (SSSR count). The molecule has 0 radical (unpaired) electrons. The lowest BCUT2D eigenvalue weighted by atomic mass is 10.2. The maximum atomic E-state index is 12.0. The smallest absolute Gasteiger partial charge is 0.221 e. The zero-order chi connectivity index (χ0) is 18.8. The van der Waals surface area contributed by atoms with Crippen LogP contribution in [0, 0.1) is 0 Å². The summed E-state index contributed by atoms with van der Waals surface area (Å²) in [4.78, 5) is 15.3. The number of carbonyl (C=O) groups is 1. The van der Waals surface area contributed by atoms with Crippen LogP contribution in [0.25, 0.3) is 0 Å². The maximum absolute atomic E-state index is 12.0. The normalized spacial score (nSPS) is 15.4.